The SMILES string of the molecule is C1=CC=CCC=C1.C1=Cc2ccccc2SN=C1C1C=c2ccc3c(c2CC1)CC=c1ccccc1=3. The predicted molar refractivity (Wildman–Crippen MR) is 155 cm³/mol. The maximum Gasteiger partial charge on any atom is 0.0560 e. The molecule has 0 saturated heterocycles. The summed E-state index contributed by atoms with van der Waals surface area (Å²) in [5, 5.41) is 5.57. The lowest BCUT2D eigenvalue weighted by molar-refractivity contribution is 0.741. The van der Waals surface area contributed by atoms with E-state index in [1.165, 1.54) is 42.6 Å². The predicted octanol–water partition coefficient (Wildman–Crippen LogP) is 6.89. The largest absolute Gasteiger partial charge is 0.215 e. The second-order valence-corrected chi connectivity index (χ2v) is 10.2. The van der Waals surface area contributed by atoms with Crippen molar-refractivity contribution in [3.05, 3.63) is 141 Å². The third-order valence-corrected chi connectivity index (χ3v) is 8.06. The first-order chi connectivity index (χ1) is 17.9. The summed E-state index contributed by atoms with van der Waals surface area (Å²) in [6.07, 6.45) is 26.1. The molecule has 2 heteroatoms. The summed E-state index contributed by atoms with van der Waals surface area (Å²) in [5.41, 5.74) is 5.51. The van der Waals surface area contributed by atoms with Crippen molar-refractivity contribution in [2.75, 3.05) is 0 Å². The van der Waals surface area contributed by atoms with Gasteiger partial charge in [-0.1, -0.05) is 109 Å². The quantitative estimate of drug-likeness (QED) is 0.344. The summed E-state index contributed by atoms with van der Waals surface area (Å²) >= 11 is 1.61. The Kier molecular flexibility index (Phi) is 6.69. The molecule has 1 aliphatic heterocycles. The zero-order valence-corrected chi connectivity index (χ0v) is 21.1. The minimum absolute atomic E-state index is 0.387. The number of hydrogen-bond donors (Lipinski definition) is 0. The summed E-state index contributed by atoms with van der Waals surface area (Å²) in [7, 11) is 0. The highest BCUT2D eigenvalue weighted by molar-refractivity contribution is 7.98. The molecule has 0 saturated carbocycles. The summed E-state index contributed by atoms with van der Waals surface area (Å²) in [6.45, 7) is 0. The van der Waals surface area contributed by atoms with Crippen molar-refractivity contribution in [2.24, 2.45) is 10.3 Å². The van der Waals surface area contributed by atoms with Crippen molar-refractivity contribution in [1.82, 2.24) is 0 Å². The Bertz CT molecular complexity index is 1650. The van der Waals surface area contributed by atoms with Crippen LogP contribution in [0.3, 0.4) is 0 Å². The molecule has 3 aromatic carbocycles. The number of allylic oxidation sites excluding steroid dienone is 7. The summed E-state index contributed by atoms with van der Waals surface area (Å²) < 4.78 is 4.89. The third-order valence-electron chi connectivity index (χ3n) is 7.19. The van der Waals surface area contributed by atoms with Gasteiger partial charge in [0.05, 0.1) is 5.71 Å². The fourth-order valence-corrected chi connectivity index (χ4v) is 6.12. The van der Waals surface area contributed by atoms with E-state index < -0.39 is 0 Å². The van der Waals surface area contributed by atoms with Crippen molar-refractivity contribution in [3.63, 3.8) is 0 Å². The molecule has 1 unspecified atom stereocenters. The van der Waals surface area contributed by atoms with Gasteiger partial charge in [-0.2, -0.15) is 0 Å². The van der Waals surface area contributed by atoms with E-state index in [-0.39, 0.29) is 0 Å². The summed E-state index contributed by atoms with van der Waals surface area (Å²) in [5.74, 6) is 0.387. The van der Waals surface area contributed by atoms with Crippen molar-refractivity contribution in [3.8, 4) is 0 Å². The van der Waals surface area contributed by atoms with Gasteiger partial charge in [0.2, 0.25) is 0 Å². The van der Waals surface area contributed by atoms with E-state index in [9.17, 15) is 0 Å². The molecule has 0 spiro atoms. The van der Waals surface area contributed by atoms with Gasteiger partial charge in [-0.05, 0) is 75.4 Å². The highest BCUT2D eigenvalue weighted by Crippen LogP contribution is 2.30. The zero-order chi connectivity index (χ0) is 24.2. The molecule has 0 bridgehead atoms. The standard InChI is InChI=1S/C27H21NS.C7H8/c1-3-7-22-18(5-1)9-14-25-23-13-11-21(17-20(23)10-15-24(22)25)26-16-12-19-6-2-4-8-27(19)29-28-26;1-2-4-6-7-5-3-1/h1-10,12,15-17,21H,11,13-14H2;1-6H,7H2. The van der Waals surface area contributed by atoms with Crippen LogP contribution in [0.5, 0.6) is 0 Å². The number of nitrogens with zero attached hydrogens (tertiary/aromatic N) is 1. The highest BCUT2D eigenvalue weighted by atomic mass is 32.2. The molecule has 0 radical (unpaired) electrons. The van der Waals surface area contributed by atoms with Crippen molar-refractivity contribution < 1.29 is 0 Å². The maximum atomic E-state index is 4.89. The van der Waals surface area contributed by atoms with Crippen LogP contribution in [0.15, 0.2) is 112 Å². The number of benzene rings is 3. The van der Waals surface area contributed by atoms with Crippen LogP contribution in [0.4, 0.5) is 0 Å². The zero-order valence-electron chi connectivity index (χ0n) is 20.3. The van der Waals surface area contributed by atoms with Crippen LogP contribution in [-0.2, 0) is 12.8 Å². The summed E-state index contributed by atoms with van der Waals surface area (Å²) in [6, 6.07) is 21.9. The lowest BCUT2D eigenvalue weighted by Crippen LogP contribution is -2.25. The average Bonchev–Trinajstić information content (AvgIpc) is 3.37. The van der Waals surface area contributed by atoms with Gasteiger partial charge in [0.25, 0.3) is 0 Å². The van der Waals surface area contributed by atoms with Crippen LogP contribution in [0.25, 0.3) is 18.2 Å². The molecule has 0 aromatic heterocycles. The molecular weight excluding hydrogens is 454 g/mol. The molecule has 3 aromatic rings. The van der Waals surface area contributed by atoms with Crippen LogP contribution in [0.2, 0.25) is 0 Å². The van der Waals surface area contributed by atoms with Gasteiger partial charge >= 0.3 is 0 Å². The second-order valence-electron chi connectivity index (χ2n) is 9.42. The van der Waals surface area contributed by atoms with Gasteiger partial charge in [-0.25, -0.2) is 4.40 Å². The van der Waals surface area contributed by atoms with Crippen LogP contribution in [0, 0.1) is 16.4 Å². The van der Waals surface area contributed by atoms with Gasteiger partial charge in [0, 0.05) is 22.8 Å². The molecule has 176 valence electrons. The van der Waals surface area contributed by atoms with Gasteiger partial charge in [0.1, 0.15) is 0 Å². The van der Waals surface area contributed by atoms with E-state index in [2.05, 4.69) is 109 Å². The Balaban J connectivity index is 0.000000299. The molecular formula is C34H29NS. The first-order valence-electron chi connectivity index (χ1n) is 12.8. The van der Waals surface area contributed by atoms with E-state index in [1.54, 1.807) is 17.5 Å². The van der Waals surface area contributed by atoms with Crippen LogP contribution in [0.1, 0.15) is 29.5 Å². The maximum absolute atomic E-state index is 4.89. The lowest BCUT2D eigenvalue weighted by atomic mass is 9.83. The Morgan fingerprint density at radius 1 is 0.722 bits per heavy atom. The normalized spacial score (nSPS) is 18.4. The lowest BCUT2D eigenvalue weighted by Gasteiger charge is -2.22. The number of hydrogen-bond acceptors (Lipinski definition) is 2. The van der Waals surface area contributed by atoms with E-state index in [0.29, 0.717) is 5.92 Å². The molecule has 7 rings (SSSR count). The smallest absolute Gasteiger partial charge is 0.0560 e. The van der Waals surface area contributed by atoms with Crippen LogP contribution in [-0.4, -0.2) is 5.71 Å². The molecule has 3 aliphatic carbocycles. The molecule has 4 aliphatic rings. The van der Waals surface area contributed by atoms with Crippen LogP contribution >= 0.6 is 11.9 Å². The Morgan fingerprint density at radius 2 is 1.56 bits per heavy atom. The average molecular weight is 484 g/mol. The third kappa shape index (κ3) is 4.74. The minimum Gasteiger partial charge on any atom is -0.215 e. The molecule has 0 fully saturated rings. The fraction of sp³-hybridized carbons (Fsp3) is 0.147. The fourth-order valence-electron chi connectivity index (χ4n) is 5.33. The van der Waals surface area contributed by atoms with Gasteiger partial charge in [-0.3, -0.25) is 0 Å². The first kappa shape index (κ1) is 22.8. The van der Waals surface area contributed by atoms with Crippen molar-refractivity contribution in [2.45, 2.75) is 30.6 Å². The van der Waals surface area contributed by atoms with Crippen molar-refractivity contribution >= 4 is 35.9 Å². The van der Waals surface area contributed by atoms with E-state index in [4.69, 9.17) is 4.40 Å². The van der Waals surface area contributed by atoms with Crippen molar-refractivity contribution in [1.29, 1.82) is 0 Å². The Hall–Kier alpha value is -3.62. The van der Waals surface area contributed by atoms with Gasteiger partial charge in [-0.15, -0.1) is 0 Å². The minimum atomic E-state index is 0.387. The molecule has 1 nitrogen and oxygen atoms in total. The molecule has 0 N–H and O–H groups in total. The highest BCUT2D eigenvalue weighted by Gasteiger charge is 2.20. The van der Waals surface area contributed by atoms with Gasteiger partial charge in [0.15, 0.2) is 0 Å². The molecule has 1 atom stereocenters. The number of fused-ring (bicyclic) bond motifs is 5. The second kappa shape index (κ2) is 10.6. The molecule has 36 heavy (non-hydrogen) atoms. The first-order valence-corrected chi connectivity index (χ1v) is 13.6. The Labute approximate surface area is 217 Å². The van der Waals surface area contributed by atoms with E-state index in [1.807, 2.05) is 12.2 Å². The topological polar surface area (TPSA) is 12.4 Å². The van der Waals surface area contributed by atoms with Crippen LogP contribution < -0.4 is 10.4 Å². The summed E-state index contributed by atoms with van der Waals surface area (Å²) in [4.78, 5) is 1.23. The molecule has 1 heterocycles. The van der Waals surface area contributed by atoms with E-state index in [0.717, 1.165) is 25.7 Å². The number of rotatable bonds is 1. The Morgan fingerprint density at radius 3 is 2.47 bits per heavy atom. The van der Waals surface area contributed by atoms with E-state index >= 15 is 0 Å². The monoisotopic (exact) mass is 483 g/mol. The van der Waals surface area contributed by atoms with Gasteiger partial charge < -0.3 is 0 Å². The molecule has 0 amide bonds.